The van der Waals surface area contributed by atoms with Crippen LogP contribution < -0.4 is 0 Å². The van der Waals surface area contributed by atoms with E-state index < -0.39 is 82.6 Å². The van der Waals surface area contributed by atoms with Crippen LogP contribution in [0.2, 0.25) is 0 Å². The van der Waals surface area contributed by atoms with Crippen molar-refractivity contribution in [1.82, 2.24) is 4.90 Å². The lowest BCUT2D eigenvalue weighted by atomic mass is 9.81. The van der Waals surface area contributed by atoms with E-state index >= 15 is 0 Å². The molecule has 0 saturated heterocycles. The van der Waals surface area contributed by atoms with E-state index in [1.165, 1.54) is 45.0 Å². The van der Waals surface area contributed by atoms with Crippen LogP contribution in [0.1, 0.15) is 65.8 Å². The first-order chi connectivity index (χ1) is 19.9. The molecule has 1 unspecified atom stereocenters. The third kappa shape index (κ3) is 6.96. The second kappa shape index (κ2) is 11.6. The molecule has 230 valence electrons. The predicted molar refractivity (Wildman–Crippen MR) is 144 cm³/mol. The van der Waals surface area contributed by atoms with E-state index in [0.29, 0.717) is 11.1 Å². The van der Waals surface area contributed by atoms with Crippen LogP contribution in [0, 0.1) is 6.92 Å². The number of carbonyl (C=O) groups is 2. The molecule has 0 aromatic heterocycles. The summed E-state index contributed by atoms with van der Waals surface area (Å²) in [6, 6.07) is 13.6. The largest absolute Gasteiger partial charge is 0.479 e. The first-order valence-corrected chi connectivity index (χ1v) is 13.2. The lowest BCUT2D eigenvalue weighted by Crippen LogP contribution is -2.31. The number of alkyl halides is 6. The third-order valence-corrected chi connectivity index (χ3v) is 6.78. The maximum atomic E-state index is 15.0. The molecular formula is C31H29F6NO5. The molecule has 0 bridgehead atoms. The zero-order valence-electron chi connectivity index (χ0n) is 23.7. The molecule has 12 heteroatoms. The highest BCUT2D eigenvalue weighted by atomic mass is 19.4. The fourth-order valence-corrected chi connectivity index (χ4v) is 5.11. The Balaban J connectivity index is 2.02. The summed E-state index contributed by atoms with van der Waals surface area (Å²) in [5, 5.41) is 10.1. The van der Waals surface area contributed by atoms with Crippen molar-refractivity contribution < 1.29 is 50.5 Å². The summed E-state index contributed by atoms with van der Waals surface area (Å²) < 4.78 is 101. The van der Waals surface area contributed by atoms with Crippen LogP contribution in [0.3, 0.4) is 0 Å². The maximum absolute atomic E-state index is 15.0. The van der Waals surface area contributed by atoms with Gasteiger partial charge in [-0.15, -0.1) is 0 Å². The molecule has 0 saturated carbocycles. The molecule has 4 rings (SSSR count). The fourth-order valence-electron chi connectivity index (χ4n) is 5.11. The van der Waals surface area contributed by atoms with Crippen molar-refractivity contribution in [2.75, 3.05) is 0 Å². The zero-order chi connectivity index (χ0) is 31.9. The van der Waals surface area contributed by atoms with Gasteiger partial charge in [-0.05, 0) is 49.9 Å². The fraction of sp³-hybridized carbons (Fsp3) is 0.355. The SMILES string of the molecule is Cc1ccc(-c2c(C(OC(C)(C)C)C(=O)O)c(C(F)(F)F)c3c(c2C(F)(F)F)CN(C(=O)OCc2ccccc2)C3)cc1. The quantitative estimate of drug-likeness (QED) is 0.285. The topological polar surface area (TPSA) is 76.1 Å². The summed E-state index contributed by atoms with van der Waals surface area (Å²) in [7, 11) is 0. The molecule has 1 aliphatic rings. The van der Waals surface area contributed by atoms with Crippen LogP contribution in [-0.4, -0.2) is 27.7 Å². The highest BCUT2D eigenvalue weighted by molar-refractivity contribution is 5.85. The van der Waals surface area contributed by atoms with E-state index in [1.54, 1.807) is 37.3 Å². The number of ether oxygens (including phenoxy) is 2. The number of carboxylic acids is 1. The number of carbonyl (C=O) groups excluding carboxylic acids is 1. The molecule has 1 atom stereocenters. The molecule has 0 fully saturated rings. The van der Waals surface area contributed by atoms with E-state index in [9.17, 15) is 41.0 Å². The Hall–Kier alpha value is -4.06. The number of aliphatic carboxylic acids is 1. The summed E-state index contributed by atoms with van der Waals surface area (Å²) in [6.07, 6.45) is -14.1. The number of benzene rings is 3. The number of hydrogen-bond donors (Lipinski definition) is 1. The molecule has 1 amide bonds. The minimum absolute atomic E-state index is 0.259. The summed E-state index contributed by atoms with van der Waals surface area (Å²) in [5.74, 6) is -1.90. The number of nitrogens with zero attached hydrogens (tertiary/aromatic N) is 1. The van der Waals surface area contributed by atoms with E-state index in [1.807, 2.05) is 0 Å². The van der Waals surface area contributed by atoms with Gasteiger partial charge in [-0.25, -0.2) is 9.59 Å². The number of fused-ring (bicyclic) bond motifs is 1. The molecule has 43 heavy (non-hydrogen) atoms. The van der Waals surface area contributed by atoms with Gasteiger partial charge in [0.15, 0.2) is 6.10 Å². The van der Waals surface area contributed by atoms with E-state index in [4.69, 9.17) is 9.47 Å². The number of halogens is 6. The maximum Gasteiger partial charge on any atom is 0.417 e. The van der Waals surface area contributed by atoms with Crippen LogP contribution in [0.15, 0.2) is 54.6 Å². The average molecular weight is 610 g/mol. The lowest BCUT2D eigenvalue weighted by molar-refractivity contribution is -0.163. The van der Waals surface area contributed by atoms with Gasteiger partial charge in [0, 0.05) is 11.1 Å². The molecule has 3 aromatic carbocycles. The third-order valence-electron chi connectivity index (χ3n) is 6.78. The Labute approximate surface area is 243 Å². The molecule has 6 nitrogen and oxygen atoms in total. The number of amides is 1. The highest BCUT2D eigenvalue weighted by Gasteiger charge is 2.51. The first kappa shape index (κ1) is 31.9. The van der Waals surface area contributed by atoms with Crippen molar-refractivity contribution in [3.8, 4) is 11.1 Å². The Morgan fingerprint density at radius 2 is 1.40 bits per heavy atom. The summed E-state index contributed by atoms with van der Waals surface area (Å²) in [6.45, 7) is 3.80. The van der Waals surface area contributed by atoms with Gasteiger partial charge in [0.2, 0.25) is 0 Å². The number of rotatable bonds is 6. The van der Waals surface area contributed by atoms with Crippen LogP contribution in [0.25, 0.3) is 11.1 Å². The predicted octanol–water partition coefficient (Wildman–Crippen LogP) is 8.29. The number of aryl methyl sites for hydroxylation is 1. The standard InChI is InChI=1S/C31H29F6NO5/c1-17-10-12-19(13-11-17)22-23(26(27(39)40)43-29(2,3)4)25(31(35,36)37)21-15-38(14-20(21)24(22)30(32,33)34)28(41)42-16-18-8-6-5-7-9-18/h5-13,26H,14-16H2,1-4H3,(H,39,40). The van der Waals surface area contributed by atoms with Crippen LogP contribution in [0.4, 0.5) is 31.1 Å². The summed E-state index contributed by atoms with van der Waals surface area (Å²) >= 11 is 0. The highest BCUT2D eigenvalue weighted by Crippen LogP contribution is 2.53. The number of hydrogen-bond acceptors (Lipinski definition) is 4. The Kier molecular flexibility index (Phi) is 8.56. The van der Waals surface area contributed by atoms with Crippen LogP contribution in [-0.2, 0) is 46.3 Å². The van der Waals surface area contributed by atoms with Crippen molar-refractivity contribution in [2.45, 2.75) is 71.4 Å². The molecule has 1 aliphatic heterocycles. The molecule has 0 aliphatic carbocycles. The molecule has 3 aromatic rings. The zero-order valence-corrected chi connectivity index (χ0v) is 23.7. The lowest BCUT2D eigenvalue weighted by Gasteiger charge is -2.31. The van der Waals surface area contributed by atoms with Crippen LogP contribution >= 0.6 is 0 Å². The van der Waals surface area contributed by atoms with Gasteiger partial charge in [0.25, 0.3) is 0 Å². The Morgan fingerprint density at radius 3 is 1.88 bits per heavy atom. The van der Waals surface area contributed by atoms with Crippen molar-refractivity contribution in [1.29, 1.82) is 0 Å². The van der Waals surface area contributed by atoms with E-state index in [-0.39, 0.29) is 12.2 Å². The summed E-state index contributed by atoms with van der Waals surface area (Å²) in [4.78, 5) is 26.2. The van der Waals surface area contributed by atoms with Gasteiger partial charge in [0.05, 0.1) is 29.8 Å². The van der Waals surface area contributed by atoms with Crippen molar-refractivity contribution in [3.05, 3.63) is 93.5 Å². The number of carboxylic acid groups (broad SMARTS) is 1. The van der Waals surface area contributed by atoms with Crippen molar-refractivity contribution >= 4 is 12.1 Å². The Bertz CT molecular complexity index is 1510. The molecular weight excluding hydrogens is 580 g/mol. The first-order valence-electron chi connectivity index (χ1n) is 13.2. The Morgan fingerprint density at radius 1 is 0.860 bits per heavy atom. The molecule has 0 radical (unpaired) electrons. The van der Waals surface area contributed by atoms with Gasteiger partial charge in [0.1, 0.15) is 6.61 Å². The average Bonchev–Trinajstić information content (AvgIpc) is 3.32. The second-order valence-corrected chi connectivity index (χ2v) is 11.2. The second-order valence-electron chi connectivity index (χ2n) is 11.2. The van der Waals surface area contributed by atoms with Gasteiger partial charge in [-0.2, -0.15) is 26.3 Å². The molecule has 1 N–H and O–H groups in total. The van der Waals surface area contributed by atoms with Gasteiger partial charge >= 0.3 is 24.4 Å². The summed E-state index contributed by atoms with van der Waals surface area (Å²) in [5.41, 5.74) is -7.29. The van der Waals surface area contributed by atoms with E-state index in [0.717, 1.165) is 4.90 Å². The molecule has 1 heterocycles. The molecule has 0 spiro atoms. The van der Waals surface area contributed by atoms with Crippen molar-refractivity contribution in [3.63, 3.8) is 0 Å². The van der Waals surface area contributed by atoms with E-state index in [2.05, 4.69) is 0 Å². The normalized spacial score (nSPS) is 14.4. The van der Waals surface area contributed by atoms with Gasteiger partial charge < -0.3 is 14.6 Å². The van der Waals surface area contributed by atoms with Crippen molar-refractivity contribution in [2.24, 2.45) is 0 Å². The minimum atomic E-state index is -5.32. The van der Waals surface area contributed by atoms with Gasteiger partial charge in [-0.1, -0.05) is 60.2 Å². The minimum Gasteiger partial charge on any atom is -0.479 e. The van der Waals surface area contributed by atoms with Gasteiger partial charge in [-0.3, -0.25) is 4.90 Å². The van der Waals surface area contributed by atoms with Crippen LogP contribution in [0.5, 0.6) is 0 Å². The smallest absolute Gasteiger partial charge is 0.417 e. The monoisotopic (exact) mass is 609 g/mol.